The highest BCUT2D eigenvalue weighted by Crippen LogP contribution is 2.25. The van der Waals surface area contributed by atoms with Crippen LogP contribution in [0.15, 0.2) is 28.7 Å². The lowest BCUT2D eigenvalue weighted by Crippen LogP contribution is -2.41. The molecule has 1 aromatic rings. The molecule has 0 amide bonds. The maximum Gasteiger partial charge on any atom is 0.320 e. The number of esters is 1. The predicted molar refractivity (Wildman–Crippen MR) is 104 cm³/mol. The molecular weight excluding hydrogens is 392 g/mol. The van der Waals surface area contributed by atoms with Crippen LogP contribution in [-0.2, 0) is 9.53 Å². The van der Waals surface area contributed by atoms with Gasteiger partial charge in [-0.1, -0.05) is 28.1 Å². The SMILES string of the molecule is CCOC(=O)CN(CC1CCCNC1)C(C)c1cccc(Br)c1.Cl. The van der Waals surface area contributed by atoms with Crippen molar-refractivity contribution in [1.82, 2.24) is 10.2 Å². The van der Waals surface area contributed by atoms with Crippen molar-refractivity contribution in [2.24, 2.45) is 5.92 Å². The fourth-order valence-corrected chi connectivity index (χ4v) is 3.54. The monoisotopic (exact) mass is 418 g/mol. The summed E-state index contributed by atoms with van der Waals surface area (Å²) in [4.78, 5) is 14.3. The van der Waals surface area contributed by atoms with Crippen LogP contribution in [0.3, 0.4) is 0 Å². The third kappa shape index (κ3) is 6.71. The van der Waals surface area contributed by atoms with Crippen LogP contribution in [0.1, 0.15) is 38.3 Å². The number of nitrogens with one attached hydrogen (secondary N) is 1. The molecular formula is C18H28BrClN2O2. The first-order valence-corrected chi connectivity index (χ1v) is 9.25. The van der Waals surface area contributed by atoms with Crippen LogP contribution >= 0.6 is 28.3 Å². The number of carbonyl (C=O) groups is 1. The van der Waals surface area contributed by atoms with Gasteiger partial charge in [0.25, 0.3) is 0 Å². The molecule has 1 aliphatic rings. The molecule has 2 atom stereocenters. The zero-order valence-electron chi connectivity index (χ0n) is 14.5. The third-order valence-corrected chi connectivity index (χ3v) is 4.90. The minimum atomic E-state index is -0.141. The van der Waals surface area contributed by atoms with E-state index in [0.717, 1.165) is 24.1 Å². The molecule has 0 bridgehead atoms. The van der Waals surface area contributed by atoms with Gasteiger partial charge in [-0.25, -0.2) is 0 Å². The van der Waals surface area contributed by atoms with Crippen LogP contribution in [0.2, 0.25) is 0 Å². The number of nitrogens with zero attached hydrogens (tertiary/aromatic N) is 1. The van der Waals surface area contributed by atoms with Gasteiger partial charge in [-0.15, -0.1) is 12.4 Å². The van der Waals surface area contributed by atoms with Gasteiger partial charge in [0, 0.05) is 17.1 Å². The molecule has 0 aromatic heterocycles. The Labute approximate surface area is 159 Å². The van der Waals surface area contributed by atoms with Gasteiger partial charge in [-0.2, -0.15) is 0 Å². The van der Waals surface area contributed by atoms with Gasteiger partial charge in [0.2, 0.25) is 0 Å². The molecule has 24 heavy (non-hydrogen) atoms. The Kier molecular flexibility index (Phi) is 9.89. The number of benzene rings is 1. The first-order valence-electron chi connectivity index (χ1n) is 8.46. The van der Waals surface area contributed by atoms with Crippen molar-refractivity contribution in [3.05, 3.63) is 34.3 Å². The van der Waals surface area contributed by atoms with Gasteiger partial charge >= 0.3 is 5.97 Å². The van der Waals surface area contributed by atoms with Gasteiger partial charge in [0.1, 0.15) is 0 Å². The first kappa shape index (κ1) is 21.4. The van der Waals surface area contributed by atoms with E-state index >= 15 is 0 Å². The molecule has 2 rings (SSSR count). The molecule has 136 valence electrons. The minimum Gasteiger partial charge on any atom is -0.465 e. The van der Waals surface area contributed by atoms with Gasteiger partial charge in [0.15, 0.2) is 0 Å². The fraction of sp³-hybridized carbons (Fsp3) is 0.611. The molecule has 1 fully saturated rings. The molecule has 4 nitrogen and oxygen atoms in total. The third-order valence-electron chi connectivity index (χ3n) is 4.41. The zero-order chi connectivity index (χ0) is 16.7. The number of piperidine rings is 1. The van der Waals surface area contributed by atoms with E-state index in [9.17, 15) is 4.79 Å². The molecule has 1 aromatic carbocycles. The lowest BCUT2D eigenvalue weighted by molar-refractivity contribution is -0.145. The highest BCUT2D eigenvalue weighted by atomic mass is 79.9. The van der Waals surface area contributed by atoms with E-state index in [1.54, 1.807) is 0 Å². The molecule has 0 aliphatic carbocycles. The summed E-state index contributed by atoms with van der Waals surface area (Å²) in [6.45, 7) is 7.85. The van der Waals surface area contributed by atoms with E-state index in [1.807, 2.05) is 19.1 Å². The maximum atomic E-state index is 12.0. The Morgan fingerprint density at radius 2 is 2.29 bits per heavy atom. The summed E-state index contributed by atoms with van der Waals surface area (Å²) in [5.41, 5.74) is 1.22. The number of hydrogen-bond donors (Lipinski definition) is 1. The van der Waals surface area contributed by atoms with E-state index in [4.69, 9.17) is 4.74 Å². The number of halogens is 2. The van der Waals surface area contributed by atoms with Crippen molar-refractivity contribution in [1.29, 1.82) is 0 Å². The quantitative estimate of drug-likeness (QED) is 0.683. The summed E-state index contributed by atoms with van der Waals surface area (Å²) in [5, 5.41) is 3.46. The normalized spacial score (nSPS) is 18.8. The largest absolute Gasteiger partial charge is 0.465 e. The topological polar surface area (TPSA) is 41.6 Å². The second-order valence-corrected chi connectivity index (χ2v) is 7.09. The molecule has 0 saturated carbocycles. The van der Waals surface area contributed by atoms with E-state index in [1.165, 1.54) is 18.4 Å². The fourth-order valence-electron chi connectivity index (χ4n) is 3.12. The minimum absolute atomic E-state index is 0. The van der Waals surface area contributed by atoms with Crippen LogP contribution < -0.4 is 5.32 Å². The Morgan fingerprint density at radius 3 is 2.92 bits per heavy atom. The second kappa shape index (κ2) is 11.1. The van der Waals surface area contributed by atoms with Crippen LogP contribution in [-0.4, -0.2) is 43.7 Å². The van der Waals surface area contributed by atoms with Crippen molar-refractivity contribution in [2.75, 3.05) is 32.8 Å². The number of carbonyl (C=O) groups excluding carboxylic acids is 1. The Balaban J connectivity index is 0.00000288. The molecule has 0 spiro atoms. The van der Waals surface area contributed by atoms with Crippen LogP contribution in [0.25, 0.3) is 0 Å². The van der Waals surface area contributed by atoms with E-state index < -0.39 is 0 Å². The Hall–Kier alpha value is -0.620. The van der Waals surface area contributed by atoms with Crippen molar-refractivity contribution in [3.63, 3.8) is 0 Å². The standard InChI is InChI=1S/C18H27BrN2O2.ClH/c1-3-23-18(22)13-21(12-15-6-5-9-20-11-15)14(2)16-7-4-8-17(19)10-16;/h4,7-8,10,14-15,20H,3,5-6,9,11-13H2,1-2H3;1H. The molecule has 1 N–H and O–H groups in total. The van der Waals surface area contributed by atoms with Crippen LogP contribution in [0.5, 0.6) is 0 Å². The molecule has 1 saturated heterocycles. The number of rotatable bonds is 7. The molecule has 2 unspecified atom stereocenters. The first-order chi connectivity index (χ1) is 11.1. The van der Waals surface area contributed by atoms with Gasteiger partial charge in [-0.05, 0) is 63.4 Å². The molecule has 0 radical (unpaired) electrons. The van der Waals surface area contributed by atoms with Crippen molar-refractivity contribution < 1.29 is 9.53 Å². The average Bonchev–Trinajstić information content (AvgIpc) is 2.55. The van der Waals surface area contributed by atoms with Crippen LogP contribution in [0, 0.1) is 5.92 Å². The van der Waals surface area contributed by atoms with E-state index in [2.05, 4.69) is 45.2 Å². The van der Waals surface area contributed by atoms with Gasteiger partial charge in [-0.3, -0.25) is 9.69 Å². The van der Waals surface area contributed by atoms with Gasteiger partial charge < -0.3 is 10.1 Å². The highest BCUT2D eigenvalue weighted by Gasteiger charge is 2.24. The highest BCUT2D eigenvalue weighted by molar-refractivity contribution is 9.10. The smallest absolute Gasteiger partial charge is 0.320 e. The van der Waals surface area contributed by atoms with E-state index in [-0.39, 0.29) is 24.4 Å². The summed E-state index contributed by atoms with van der Waals surface area (Å²) in [7, 11) is 0. The van der Waals surface area contributed by atoms with Crippen molar-refractivity contribution in [3.8, 4) is 0 Å². The molecule has 1 heterocycles. The number of hydrogen-bond acceptors (Lipinski definition) is 4. The molecule has 1 aliphatic heterocycles. The summed E-state index contributed by atoms with van der Waals surface area (Å²) in [6.07, 6.45) is 2.43. The van der Waals surface area contributed by atoms with Crippen molar-refractivity contribution in [2.45, 2.75) is 32.7 Å². The molecule has 6 heteroatoms. The average molecular weight is 420 g/mol. The summed E-state index contributed by atoms with van der Waals surface area (Å²) in [6, 6.07) is 8.49. The zero-order valence-corrected chi connectivity index (χ0v) is 16.9. The summed E-state index contributed by atoms with van der Waals surface area (Å²) >= 11 is 3.53. The lowest BCUT2D eigenvalue weighted by Gasteiger charge is -2.33. The second-order valence-electron chi connectivity index (χ2n) is 6.18. The Bertz CT molecular complexity index is 510. The maximum absolute atomic E-state index is 12.0. The van der Waals surface area contributed by atoms with E-state index in [0.29, 0.717) is 19.1 Å². The lowest BCUT2D eigenvalue weighted by atomic mass is 9.97. The number of ether oxygens (including phenoxy) is 1. The van der Waals surface area contributed by atoms with Gasteiger partial charge in [0.05, 0.1) is 13.2 Å². The predicted octanol–water partition coefficient (Wildman–Crippen LogP) is 3.80. The van der Waals surface area contributed by atoms with Crippen LogP contribution in [0.4, 0.5) is 0 Å². The van der Waals surface area contributed by atoms with Crippen molar-refractivity contribution >= 4 is 34.3 Å². The summed E-state index contributed by atoms with van der Waals surface area (Å²) in [5.74, 6) is 0.450. The summed E-state index contributed by atoms with van der Waals surface area (Å²) < 4.78 is 6.23. The Morgan fingerprint density at radius 1 is 1.50 bits per heavy atom.